The Labute approximate surface area is 129 Å². The number of rotatable bonds is 3. The fourth-order valence-electron chi connectivity index (χ4n) is 1.21. The van der Waals surface area contributed by atoms with Crippen LogP contribution in [0.2, 0.25) is 0 Å². The van der Waals surface area contributed by atoms with E-state index in [2.05, 4.69) is 16.2 Å². The summed E-state index contributed by atoms with van der Waals surface area (Å²) in [5.41, 5.74) is 5.00. The summed E-state index contributed by atoms with van der Waals surface area (Å²) in [5.74, 6) is -0.258. The molecule has 0 atom stereocenters. The molecule has 0 aliphatic heterocycles. The maximum Gasteiger partial charge on any atom is 0.262 e. The highest BCUT2D eigenvalue weighted by molar-refractivity contribution is 8.02. The van der Waals surface area contributed by atoms with E-state index in [1.165, 1.54) is 17.8 Å². The SMILES string of the molecule is CC(C)(C)NC(=S)NNC(=O)/C=C/Sc1ccccc1. The van der Waals surface area contributed by atoms with Crippen LogP contribution in [-0.4, -0.2) is 16.6 Å². The summed E-state index contributed by atoms with van der Waals surface area (Å²) in [6, 6.07) is 9.82. The lowest BCUT2D eigenvalue weighted by Gasteiger charge is -2.22. The molecule has 3 N–H and O–H groups in total. The van der Waals surface area contributed by atoms with Crippen LogP contribution in [0.15, 0.2) is 46.7 Å². The zero-order valence-electron chi connectivity index (χ0n) is 11.8. The Morgan fingerprint density at radius 3 is 2.45 bits per heavy atom. The molecule has 0 aromatic heterocycles. The first kappa shape index (κ1) is 16.5. The number of hydrogen-bond donors (Lipinski definition) is 3. The van der Waals surface area contributed by atoms with Crippen LogP contribution in [0.3, 0.4) is 0 Å². The van der Waals surface area contributed by atoms with E-state index in [0.717, 1.165) is 4.90 Å². The molecule has 0 heterocycles. The van der Waals surface area contributed by atoms with Gasteiger partial charge >= 0.3 is 0 Å². The lowest BCUT2D eigenvalue weighted by molar-refractivity contribution is -0.117. The molecule has 0 bridgehead atoms. The largest absolute Gasteiger partial charge is 0.357 e. The quantitative estimate of drug-likeness (QED) is 0.347. The zero-order valence-corrected chi connectivity index (χ0v) is 13.4. The zero-order chi connectivity index (χ0) is 15.0. The standard InChI is InChI=1S/C14H19N3OS2/c1-14(2,3)15-13(19)17-16-12(18)9-10-20-11-7-5-4-6-8-11/h4-10H,1-3H3,(H,16,18)(H2,15,17,19)/b10-9+. The molecule has 0 aliphatic rings. The topological polar surface area (TPSA) is 53.2 Å². The fraction of sp³-hybridized carbons (Fsp3) is 0.286. The second kappa shape index (κ2) is 7.91. The van der Waals surface area contributed by atoms with Gasteiger partial charge in [-0.3, -0.25) is 15.6 Å². The second-order valence-corrected chi connectivity index (χ2v) is 6.44. The molecule has 108 valence electrons. The number of carbonyl (C=O) groups excluding carboxylic acids is 1. The van der Waals surface area contributed by atoms with E-state index < -0.39 is 0 Å². The Morgan fingerprint density at radius 2 is 1.85 bits per heavy atom. The highest BCUT2D eigenvalue weighted by atomic mass is 32.2. The second-order valence-electron chi connectivity index (χ2n) is 5.05. The van der Waals surface area contributed by atoms with E-state index in [1.54, 1.807) is 5.41 Å². The molecule has 4 nitrogen and oxygen atoms in total. The highest BCUT2D eigenvalue weighted by Gasteiger charge is 2.10. The van der Waals surface area contributed by atoms with Crippen molar-refractivity contribution in [2.75, 3.05) is 0 Å². The molecule has 0 saturated heterocycles. The van der Waals surface area contributed by atoms with Gasteiger partial charge in [-0.05, 0) is 50.5 Å². The Bertz CT molecular complexity index is 481. The summed E-state index contributed by atoms with van der Waals surface area (Å²) in [7, 11) is 0. The molecule has 0 saturated carbocycles. The number of thiocarbonyl (C=S) groups is 1. The van der Waals surface area contributed by atoms with Gasteiger partial charge in [0, 0.05) is 16.5 Å². The minimum Gasteiger partial charge on any atom is -0.357 e. The van der Waals surface area contributed by atoms with E-state index in [0.29, 0.717) is 5.11 Å². The molecular formula is C14H19N3OS2. The smallest absolute Gasteiger partial charge is 0.262 e. The third-order valence-corrected chi connectivity index (χ3v) is 2.98. The average Bonchev–Trinajstić information content (AvgIpc) is 2.36. The van der Waals surface area contributed by atoms with Crippen LogP contribution in [0.4, 0.5) is 0 Å². The number of benzene rings is 1. The number of amides is 1. The van der Waals surface area contributed by atoms with Crippen LogP contribution in [-0.2, 0) is 4.79 Å². The third kappa shape index (κ3) is 7.81. The molecule has 20 heavy (non-hydrogen) atoms. The van der Waals surface area contributed by atoms with Gasteiger partial charge in [0.25, 0.3) is 5.91 Å². The number of carbonyl (C=O) groups is 1. The van der Waals surface area contributed by atoms with Gasteiger partial charge in [0.15, 0.2) is 5.11 Å². The van der Waals surface area contributed by atoms with Gasteiger partial charge in [-0.15, -0.1) is 0 Å². The normalized spacial score (nSPS) is 11.2. The number of thioether (sulfide) groups is 1. The van der Waals surface area contributed by atoms with Crippen molar-refractivity contribution < 1.29 is 4.79 Å². The van der Waals surface area contributed by atoms with Crippen LogP contribution >= 0.6 is 24.0 Å². The Kier molecular flexibility index (Phi) is 6.54. The van der Waals surface area contributed by atoms with Crippen molar-refractivity contribution in [2.45, 2.75) is 31.2 Å². The molecule has 1 amide bonds. The molecule has 0 spiro atoms. The number of nitrogens with one attached hydrogen (secondary N) is 3. The first-order valence-electron chi connectivity index (χ1n) is 6.13. The molecule has 0 radical (unpaired) electrons. The predicted molar refractivity (Wildman–Crippen MR) is 88.2 cm³/mol. The van der Waals surface area contributed by atoms with Crippen molar-refractivity contribution >= 4 is 35.0 Å². The monoisotopic (exact) mass is 309 g/mol. The maximum atomic E-state index is 11.5. The van der Waals surface area contributed by atoms with Crippen LogP contribution in [0.5, 0.6) is 0 Å². The Morgan fingerprint density at radius 1 is 1.20 bits per heavy atom. The summed E-state index contributed by atoms with van der Waals surface area (Å²) < 4.78 is 0. The summed E-state index contributed by atoms with van der Waals surface area (Å²) in [6.45, 7) is 5.96. The summed E-state index contributed by atoms with van der Waals surface area (Å²) in [5, 5.41) is 5.15. The van der Waals surface area contributed by atoms with Crippen molar-refractivity contribution in [2.24, 2.45) is 0 Å². The van der Waals surface area contributed by atoms with Gasteiger partial charge < -0.3 is 5.32 Å². The van der Waals surface area contributed by atoms with Crippen LogP contribution in [0.1, 0.15) is 20.8 Å². The van der Waals surface area contributed by atoms with E-state index in [1.807, 2.05) is 51.1 Å². The summed E-state index contributed by atoms with van der Waals surface area (Å²) >= 11 is 6.52. The first-order valence-corrected chi connectivity index (χ1v) is 7.42. The Balaban J connectivity index is 2.28. The predicted octanol–water partition coefficient (Wildman–Crippen LogP) is 2.59. The molecule has 0 fully saturated rings. The summed E-state index contributed by atoms with van der Waals surface area (Å²) in [6.07, 6.45) is 1.45. The minimum absolute atomic E-state index is 0.145. The van der Waals surface area contributed by atoms with Crippen molar-refractivity contribution in [3.8, 4) is 0 Å². The van der Waals surface area contributed by atoms with Gasteiger partial charge in [0.2, 0.25) is 0 Å². The third-order valence-electron chi connectivity index (χ3n) is 1.95. The number of hydrogen-bond acceptors (Lipinski definition) is 3. The maximum absolute atomic E-state index is 11.5. The van der Waals surface area contributed by atoms with Gasteiger partial charge in [0.05, 0.1) is 0 Å². The van der Waals surface area contributed by atoms with Crippen molar-refractivity contribution in [3.05, 3.63) is 41.8 Å². The van der Waals surface area contributed by atoms with E-state index in [-0.39, 0.29) is 11.4 Å². The van der Waals surface area contributed by atoms with Crippen molar-refractivity contribution in [1.29, 1.82) is 0 Å². The first-order chi connectivity index (χ1) is 9.37. The molecular weight excluding hydrogens is 290 g/mol. The highest BCUT2D eigenvalue weighted by Crippen LogP contribution is 2.17. The average molecular weight is 309 g/mol. The van der Waals surface area contributed by atoms with Gasteiger partial charge in [-0.1, -0.05) is 30.0 Å². The molecule has 6 heteroatoms. The molecule has 1 aromatic carbocycles. The van der Waals surface area contributed by atoms with Gasteiger partial charge in [0.1, 0.15) is 0 Å². The van der Waals surface area contributed by atoms with Crippen molar-refractivity contribution in [3.63, 3.8) is 0 Å². The molecule has 0 aliphatic carbocycles. The molecule has 0 unspecified atom stereocenters. The van der Waals surface area contributed by atoms with Crippen molar-refractivity contribution in [1.82, 2.24) is 16.2 Å². The van der Waals surface area contributed by atoms with Gasteiger partial charge in [-0.2, -0.15) is 0 Å². The summed E-state index contributed by atoms with van der Waals surface area (Å²) in [4.78, 5) is 12.6. The Hall–Kier alpha value is -1.53. The van der Waals surface area contributed by atoms with Crippen LogP contribution < -0.4 is 16.2 Å². The fourth-order valence-corrected chi connectivity index (χ4v) is 2.23. The lowest BCUT2D eigenvalue weighted by Crippen LogP contribution is -2.51. The van der Waals surface area contributed by atoms with Gasteiger partial charge in [-0.25, -0.2) is 0 Å². The van der Waals surface area contributed by atoms with E-state index in [9.17, 15) is 4.79 Å². The molecule has 1 aromatic rings. The number of hydrazine groups is 1. The van der Waals surface area contributed by atoms with Crippen LogP contribution in [0, 0.1) is 0 Å². The van der Waals surface area contributed by atoms with Crippen LogP contribution in [0.25, 0.3) is 0 Å². The van der Waals surface area contributed by atoms with E-state index >= 15 is 0 Å². The van der Waals surface area contributed by atoms with E-state index in [4.69, 9.17) is 12.2 Å². The minimum atomic E-state index is -0.258. The lowest BCUT2D eigenvalue weighted by atomic mass is 10.1. The molecule has 1 rings (SSSR count).